The Morgan fingerprint density at radius 2 is 1.52 bits per heavy atom. The molecule has 1 atom stereocenters. The molecule has 0 aliphatic carbocycles. The summed E-state index contributed by atoms with van der Waals surface area (Å²) < 4.78 is 0. The van der Waals surface area contributed by atoms with Crippen LogP contribution in [0, 0.1) is 13.8 Å². The van der Waals surface area contributed by atoms with Crippen molar-refractivity contribution >= 4 is 0 Å². The Balaban J connectivity index is 2.15. The van der Waals surface area contributed by atoms with Gasteiger partial charge in [0.15, 0.2) is 0 Å². The Bertz CT molecular complexity index is 826. The predicted molar refractivity (Wildman–Crippen MR) is 109 cm³/mol. The van der Waals surface area contributed by atoms with E-state index in [0.29, 0.717) is 5.92 Å². The molecule has 0 heteroatoms. The number of aryl methyl sites for hydroxylation is 3. The minimum absolute atomic E-state index is 0.383. The predicted octanol–water partition coefficient (Wildman–Crippen LogP) is 7.07. The van der Waals surface area contributed by atoms with Crippen LogP contribution in [-0.2, 0) is 6.42 Å². The summed E-state index contributed by atoms with van der Waals surface area (Å²) in [5.74, 6) is 0.383. The van der Waals surface area contributed by atoms with Gasteiger partial charge in [0, 0.05) is 5.92 Å². The SMILES string of the molecule is CCCc1cc(C(C)c2ccccc2)c(-c2ccc(C)cc2)cc1C. The van der Waals surface area contributed by atoms with Crippen molar-refractivity contribution < 1.29 is 0 Å². The van der Waals surface area contributed by atoms with Gasteiger partial charge >= 0.3 is 0 Å². The van der Waals surface area contributed by atoms with E-state index in [9.17, 15) is 0 Å². The maximum atomic E-state index is 2.45. The maximum absolute atomic E-state index is 2.45. The molecule has 128 valence electrons. The molecule has 0 saturated heterocycles. The summed E-state index contributed by atoms with van der Waals surface area (Å²) in [5.41, 5.74) is 9.69. The van der Waals surface area contributed by atoms with E-state index in [1.54, 1.807) is 0 Å². The second kappa shape index (κ2) is 7.70. The van der Waals surface area contributed by atoms with E-state index in [-0.39, 0.29) is 0 Å². The molecule has 0 fully saturated rings. The lowest BCUT2D eigenvalue weighted by Gasteiger charge is -2.20. The van der Waals surface area contributed by atoms with Gasteiger partial charge in [-0.3, -0.25) is 0 Å². The van der Waals surface area contributed by atoms with Gasteiger partial charge in [0.25, 0.3) is 0 Å². The van der Waals surface area contributed by atoms with Crippen molar-refractivity contribution in [3.8, 4) is 11.1 Å². The van der Waals surface area contributed by atoms with Crippen LogP contribution in [0.15, 0.2) is 66.7 Å². The van der Waals surface area contributed by atoms with Crippen molar-refractivity contribution in [2.45, 2.75) is 46.5 Å². The van der Waals surface area contributed by atoms with Crippen LogP contribution in [0.5, 0.6) is 0 Å². The van der Waals surface area contributed by atoms with Gasteiger partial charge in [-0.05, 0) is 53.6 Å². The molecule has 0 spiro atoms. The highest BCUT2D eigenvalue weighted by molar-refractivity contribution is 5.71. The van der Waals surface area contributed by atoms with Crippen LogP contribution in [0.4, 0.5) is 0 Å². The molecule has 3 aromatic carbocycles. The molecule has 0 amide bonds. The third-order valence-electron chi connectivity index (χ3n) is 5.16. The molecular formula is C25H28. The first-order chi connectivity index (χ1) is 12.1. The van der Waals surface area contributed by atoms with E-state index in [2.05, 4.69) is 94.4 Å². The summed E-state index contributed by atoms with van der Waals surface area (Å²) in [4.78, 5) is 0. The van der Waals surface area contributed by atoms with E-state index in [1.165, 1.54) is 45.4 Å². The van der Waals surface area contributed by atoms with Gasteiger partial charge in [-0.15, -0.1) is 0 Å². The van der Waals surface area contributed by atoms with Crippen LogP contribution >= 0.6 is 0 Å². The largest absolute Gasteiger partial charge is 0.0651 e. The number of hydrogen-bond donors (Lipinski definition) is 0. The summed E-state index contributed by atoms with van der Waals surface area (Å²) in [6, 6.07) is 24.6. The van der Waals surface area contributed by atoms with E-state index in [1.807, 2.05) is 0 Å². The molecule has 0 bridgehead atoms. The molecule has 0 heterocycles. The lowest BCUT2D eigenvalue weighted by molar-refractivity contribution is 0.886. The van der Waals surface area contributed by atoms with Gasteiger partial charge in [-0.1, -0.05) is 92.6 Å². The molecule has 0 aromatic heterocycles. The minimum atomic E-state index is 0.383. The van der Waals surface area contributed by atoms with Gasteiger partial charge in [-0.25, -0.2) is 0 Å². The molecule has 0 N–H and O–H groups in total. The lowest BCUT2D eigenvalue weighted by atomic mass is 9.84. The molecule has 1 unspecified atom stereocenters. The second-order valence-corrected chi connectivity index (χ2v) is 7.11. The molecule has 0 radical (unpaired) electrons. The Hall–Kier alpha value is -2.34. The summed E-state index contributed by atoms with van der Waals surface area (Å²) in [6.45, 7) is 8.98. The van der Waals surface area contributed by atoms with Crippen molar-refractivity contribution in [2.24, 2.45) is 0 Å². The number of benzene rings is 3. The highest BCUT2D eigenvalue weighted by Crippen LogP contribution is 2.35. The van der Waals surface area contributed by atoms with Crippen LogP contribution < -0.4 is 0 Å². The van der Waals surface area contributed by atoms with E-state index < -0.39 is 0 Å². The first-order valence-electron chi connectivity index (χ1n) is 9.35. The Kier molecular flexibility index (Phi) is 5.38. The summed E-state index contributed by atoms with van der Waals surface area (Å²) in [5, 5.41) is 0. The van der Waals surface area contributed by atoms with Crippen molar-refractivity contribution in [3.63, 3.8) is 0 Å². The summed E-state index contributed by atoms with van der Waals surface area (Å²) in [6.07, 6.45) is 2.33. The van der Waals surface area contributed by atoms with Crippen molar-refractivity contribution in [1.29, 1.82) is 0 Å². The molecular weight excluding hydrogens is 300 g/mol. The van der Waals surface area contributed by atoms with Crippen LogP contribution in [-0.4, -0.2) is 0 Å². The molecule has 0 nitrogen and oxygen atoms in total. The molecule has 3 aromatic rings. The standard InChI is InChI=1S/C25H28/c1-5-9-23-17-24(20(4)21-10-7-6-8-11-21)25(16-19(23)3)22-14-12-18(2)13-15-22/h6-8,10-17,20H,5,9H2,1-4H3. The molecule has 25 heavy (non-hydrogen) atoms. The van der Waals surface area contributed by atoms with Crippen LogP contribution in [0.25, 0.3) is 11.1 Å². The van der Waals surface area contributed by atoms with E-state index in [0.717, 1.165) is 6.42 Å². The zero-order valence-electron chi connectivity index (χ0n) is 15.8. The molecule has 0 aliphatic heterocycles. The normalized spacial score (nSPS) is 12.2. The quantitative estimate of drug-likeness (QED) is 0.469. The topological polar surface area (TPSA) is 0 Å². The Labute approximate surface area is 152 Å². The Morgan fingerprint density at radius 3 is 2.16 bits per heavy atom. The third kappa shape index (κ3) is 3.85. The van der Waals surface area contributed by atoms with E-state index in [4.69, 9.17) is 0 Å². The fourth-order valence-corrected chi connectivity index (χ4v) is 3.57. The monoisotopic (exact) mass is 328 g/mol. The van der Waals surface area contributed by atoms with Crippen molar-refractivity contribution in [3.05, 3.63) is 94.5 Å². The zero-order chi connectivity index (χ0) is 17.8. The van der Waals surface area contributed by atoms with Crippen LogP contribution in [0.2, 0.25) is 0 Å². The minimum Gasteiger partial charge on any atom is -0.0651 e. The van der Waals surface area contributed by atoms with Gasteiger partial charge in [0.05, 0.1) is 0 Å². The van der Waals surface area contributed by atoms with Crippen LogP contribution in [0.1, 0.15) is 54.0 Å². The number of rotatable bonds is 5. The van der Waals surface area contributed by atoms with Crippen molar-refractivity contribution in [1.82, 2.24) is 0 Å². The summed E-state index contributed by atoms with van der Waals surface area (Å²) in [7, 11) is 0. The van der Waals surface area contributed by atoms with Gasteiger partial charge < -0.3 is 0 Å². The van der Waals surface area contributed by atoms with Gasteiger partial charge in [-0.2, -0.15) is 0 Å². The number of hydrogen-bond acceptors (Lipinski definition) is 0. The average molecular weight is 328 g/mol. The smallest absolute Gasteiger partial charge is 0.00672 e. The molecule has 3 rings (SSSR count). The Morgan fingerprint density at radius 1 is 0.840 bits per heavy atom. The molecule has 0 saturated carbocycles. The second-order valence-electron chi connectivity index (χ2n) is 7.11. The van der Waals surface area contributed by atoms with Gasteiger partial charge in [0.1, 0.15) is 0 Å². The maximum Gasteiger partial charge on any atom is 0.00672 e. The third-order valence-corrected chi connectivity index (χ3v) is 5.16. The fraction of sp³-hybridized carbons (Fsp3) is 0.280. The highest BCUT2D eigenvalue weighted by atomic mass is 14.2. The molecule has 0 aliphatic rings. The van der Waals surface area contributed by atoms with E-state index >= 15 is 0 Å². The van der Waals surface area contributed by atoms with Crippen LogP contribution in [0.3, 0.4) is 0 Å². The lowest BCUT2D eigenvalue weighted by Crippen LogP contribution is -2.02. The van der Waals surface area contributed by atoms with Crippen molar-refractivity contribution in [2.75, 3.05) is 0 Å². The highest BCUT2D eigenvalue weighted by Gasteiger charge is 2.16. The fourth-order valence-electron chi connectivity index (χ4n) is 3.57. The zero-order valence-corrected chi connectivity index (χ0v) is 15.8. The first kappa shape index (κ1) is 17.5. The van der Waals surface area contributed by atoms with Gasteiger partial charge in [0.2, 0.25) is 0 Å². The first-order valence-corrected chi connectivity index (χ1v) is 9.35. The average Bonchev–Trinajstić information content (AvgIpc) is 2.64. The summed E-state index contributed by atoms with van der Waals surface area (Å²) >= 11 is 0.